The van der Waals surface area contributed by atoms with E-state index in [0.29, 0.717) is 24.7 Å². The van der Waals surface area contributed by atoms with Crippen LogP contribution in [0.1, 0.15) is 11.3 Å². The molecule has 0 aliphatic heterocycles. The van der Waals surface area contributed by atoms with Crippen molar-refractivity contribution in [3.63, 3.8) is 0 Å². The largest absolute Gasteiger partial charge is 0.460 e. The monoisotopic (exact) mass is 579 g/mol. The topological polar surface area (TPSA) is 119 Å². The molecule has 3 aromatic carbocycles. The minimum absolute atomic E-state index is 0.0816. The number of aromatic nitrogens is 3. The first kappa shape index (κ1) is 27.4. The van der Waals surface area contributed by atoms with Crippen LogP contribution in [0, 0.1) is 6.92 Å². The number of sulfone groups is 1. The summed E-state index contributed by atoms with van der Waals surface area (Å²) in [7, 11) is -3.01. The van der Waals surface area contributed by atoms with Gasteiger partial charge in [0.1, 0.15) is 45.0 Å². The lowest BCUT2D eigenvalue weighted by atomic mass is 10.1. The third-order valence-electron chi connectivity index (χ3n) is 6.83. The highest BCUT2D eigenvalue weighted by Crippen LogP contribution is 2.34. The average molecular weight is 580 g/mol. The van der Waals surface area contributed by atoms with Crippen LogP contribution in [0.5, 0.6) is 11.5 Å². The third-order valence-corrected chi connectivity index (χ3v) is 7.78. The Balaban J connectivity index is 1.20. The van der Waals surface area contributed by atoms with Gasteiger partial charge in [0.15, 0.2) is 0 Å². The minimum atomic E-state index is -3.01. The minimum Gasteiger partial charge on any atom is -0.460 e. The van der Waals surface area contributed by atoms with Crippen LogP contribution < -0.4 is 15.4 Å². The molecule has 0 atom stereocenters. The van der Waals surface area contributed by atoms with Gasteiger partial charge in [-0.05, 0) is 78.5 Å². The van der Waals surface area contributed by atoms with Crippen molar-refractivity contribution in [3.05, 3.63) is 103 Å². The Morgan fingerprint density at radius 2 is 1.83 bits per heavy atom. The molecule has 6 rings (SSSR count). The molecule has 42 heavy (non-hydrogen) atoms. The number of nitrogens with one attached hydrogen (secondary N) is 2. The predicted octanol–water partition coefficient (Wildman–Crippen LogP) is 6.42. The summed E-state index contributed by atoms with van der Waals surface area (Å²) in [4.78, 5) is 13.2. The SMILES string of the molecule is Cc1cc(Nc2ncnc3ccc(-c4ccc(CNCCS(C)(=O)=O)o4)cc23)ccc1Oc1cccc2ccncc12. The van der Waals surface area contributed by atoms with Crippen molar-refractivity contribution in [2.75, 3.05) is 23.9 Å². The smallest absolute Gasteiger partial charge is 0.148 e. The Morgan fingerprint density at radius 3 is 2.69 bits per heavy atom. The second-order valence-electron chi connectivity index (χ2n) is 10.1. The van der Waals surface area contributed by atoms with Crippen LogP contribution in [0.25, 0.3) is 33.0 Å². The zero-order chi connectivity index (χ0) is 29.1. The van der Waals surface area contributed by atoms with Gasteiger partial charge in [-0.1, -0.05) is 12.1 Å². The summed E-state index contributed by atoms with van der Waals surface area (Å²) in [6.45, 7) is 2.81. The summed E-state index contributed by atoms with van der Waals surface area (Å²) in [5.74, 6) is 3.68. The normalized spacial score (nSPS) is 11.7. The molecule has 212 valence electrons. The van der Waals surface area contributed by atoms with E-state index in [-0.39, 0.29) is 5.75 Å². The van der Waals surface area contributed by atoms with Gasteiger partial charge in [-0.15, -0.1) is 0 Å². The molecule has 10 heteroatoms. The van der Waals surface area contributed by atoms with E-state index < -0.39 is 9.84 Å². The maximum atomic E-state index is 11.3. The van der Waals surface area contributed by atoms with E-state index in [2.05, 4.69) is 25.6 Å². The van der Waals surface area contributed by atoms with E-state index in [1.807, 2.05) is 85.9 Å². The molecule has 0 spiro atoms. The molecule has 0 saturated heterocycles. The Hall–Kier alpha value is -4.80. The molecule has 6 aromatic rings. The molecule has 0 aliphatic rings. The van der Waals surface area contributed by atoms with Gasteiger partial charge in [0.2, 0.25) is 0 Å². The summed E-state index contributed by atoms with van der Waals surface area (Å²) in [5, 5.41) is 9.41. The molecule has 0 bridgehead atoms. The Kier molecular flexibility index (Phi) is 7.56. The number of fused-ring (bicyclic) bond motifs is 2. The first-order valence-electron chi connectivity index (χ1n) is 13.4. The number of hydrogen-bond donors (Lipinski definition) is 2. The van der Waals surface area contributed by atoms with Gasteiger partial charge in [-0.3, -0.25) is 4.98 Å². The zero-order valence-corrected chi connectivity index (χ0v) is 24.0. The highest BCUT2D eigenvalue weighted by atomic mass is 32.2. The number of furan rings is 1. The van der Waals surface area contributed by atoms with Crippen molar-refractivity contribution in [2.45, 2.75) is 13.5 Å². The average Bonchev–Trinajstić information content (AvgIpc) is 3.45. The summed E-state index contributed by atoms with van der Waals surface area (Å²) in [5.41, 5.74) is 3.51. The van der Waals surface area contributed by atoms with Crippen LogP contribution in [-0.2, 0) is 16.4 Å². The van der Waals surface area contributed by atoms with Crippen molar-refractivity contribution in [2.24, 2.45) is 0 Å². The van der Waals surface area contributed by atoms with Gasteiger partial charge in [0.05, 0.1) is 17.8 Å². The van der Waals surface area contributed by atoms with Crippen molar-refractivity contribution >= 4 is 43.0 Å². The zero-order valence-electron chi connectivity index (χ0n) is 23.2. The molecular weight excluding hydrogens is 550 g/mol. The van der Waals surface area contributed by atoms with Gasteiger partial charge in [-0.2, -0.15) is 0 Å². The number of ether oxygens (including phenoxy) is 1. The molecule has 0 amide bonds. The first-order chi connectivity index (χ1) is 20.3. The Morgan fingerprint density at radius 1 is 0.929 bits per heavy atom. The van der Waals surface area contributed by atoms with Gasteiger partial charge in [0, 0.05) is 47.2 Å². The summed E-state index contributed by atoms with van der Waals surface area (Å²) in [6, 6.07) is 23.5. The van der Waals surface area contributed by atoms with Crippen LogP contribution in [-0.4, -0.2) is 41.9 Å². The fourth-order valence-corrected chi connectivity index (χ4v) is 5.19. The number of anilines is 2. The molecule has 0 radical (unpaired) electrons. The number of nitrogens with zero attached hydrogens (tertiary/aromatic N) is 3. The quantitative estimate of drug-likeness (QED) is 0.177. The van der Waals surface area contributed by atoms with Crippen LogP contribution in [0.15, 0.2) is 95.9 Å². The maximum Gasteiger partial charge on any atom is 0.148 e. The second kappa shape index (κ2) is 11.6. The molecule has 3 heterocycles. The molecule has 0 unspecified atom stereocenters. The van der Waals surface area contributed by atoms with Crippen LogP contribution in [0.4, 0.5) is 11.5 Å². The van der Waals surface area contributed by atoms with Gasteiger partial charge in [0.25, 0.3) is 0 Å². The lowest BCUT2D eigenvalue weighted by molar-refractivity contribution is 0.484. The third kappa shape index (κ3) is 6.24. The first-order valence-corrected chi connectivity index (χ1v) is 15.5. The highest BCUT2D eigenvalue weighted by Gasteiger charge is 2.12. The summed E-state index contributed by atoms with van der Waals surface area (Å²) < 4.78 is 35.0. The van der Waals surface area contributed by atoms with Gasteiger partial charge < -0.3 is 19.8 Å². The highest BCUT2D eigenvalue weighted by molar-refractivity contribution is 7.90. The number of aryl methyl sites for hydroxylation is 1. The van der Waals surface area contributed by atoms with Gasteiger partial charge in [-0.25, -0.2) is 18.4 Å². The van der Waals surface area contributed by atoms with Crippen LogP contribution in [0.3, 0.4) is 0 Å². The van der Waals surface area contributed by atoms with E-state index in [1.54, 1.807) is 6.20 Å². The lowest BCUT2D eigenvalue weighted by Crippen LogP contribution is -2.21. The van der Waals surface area contributed by atoms with Crippen LogP contribution >= 0.6 is 0 Å². The number of benzene rings is 3. The van der Waals surface area contributed by atoms with Crippen LogP contribution in [0.2, 0.25) is 0 Å². The number of pyridine rings is 1. The molecule has 3 aromatic heterocycles. The van der Waals surface area contributed by atoms with E-state index in [0.717, 1.165) is 55.7 Å². The van der Waals surface area contributed by atoms with Gasteiger partial charge >= 0.3 is 0 Å². The maximum absolute atomic E-state index is 11.3. The second-order valence-corrected chi connectivity index (χ2v) is 12.3. The molecule has 9 nitrogen and oxygen atoms in total. The molecule has 2 N–H and O–H groups in total. The van der Waals surface area contributed by atoms with Crippen molar-refractivity contribution in [1.29, 1.82) is 0 Å². The lowest BCUT2D eigenvalue weighted by Gasteiger charge is -2.14. The molecule has 0 aliphatic carbocycles. The Bertz CT molecular complexity index is 2000. The van der Waals surface area contributed by atoms with E-state index in [9.17, 15) is 8.42 Å². The number of rotatable bonds is 10. The Labute approximate surface area is 243 Å². The predicted molar refractivity (Wildman–Crippen MR) is 165 cm³/mol. The van der Waals surface area contributed by atoms with Crippen molar-refractivity contribution < 1.29 is 17.6 Å². The fourth-order valence-electron chi connectivity index (χ4n) is 4.68. The van der Waals surface area contributed by atoms with E-state index in [4.69, 9.17) is 9.15 Å². The molecular formula is C32H29N5O4S. The summed E-state index contributed by atoms with van der Waals surface area (Å²) >= 11 is 0. The standard InChI is InChI=1S/C32H29N5O4S/c1-21-16-24(7-10-29(21)41-31-5-3-4-22-12-13-33-19-27(22)31)37-32-26-17-23(6-9-28(26)35-20-36-32)30-11-8-25(40-30)18-34-14-15-42(2,38)39/h3-13,16-17,19-20,34H,14-15,18H2,1-2H3,(H,35,36,37). The molecule has 0 fully saturated rings. The summed E-state index contributed by atoms with van der Waals surface area (Å²) in [6.07, 6.45) is 6.35. The van der Waals surface area contributed by atoms with E-state index >= 15 is 0 Å². The fraction of sp³-hybridized carbons (Fsp3) is 0.156. The van der Waals surface area contributed by atoms with Crippen molar-refractivity contribution in [3.8, 4) is 22.8 Å². The van der Waals surface area contributed by atoms with Crippen molar-refractivity contribution in [1.82, 2.24) is 20.3 Å². The van der Waals surface area contributed by atoms with E-state index in [1.165, 1.54) is 12.6 Å². The number of hydrogen-bond acceptors (Lipinski definition) is 9. The molecule has 0 saturated carbocycles.